The SMILES string of the molecule is C[C@@H]1C[C@H](C)CN(S(=O)(=O)NCCOC[C@@H]2CCOC2)C1. The molecule has 2 saturated heterocycles. The molecule has 0 bridgehead atoms. The minimum atomic E-state index is -3.37. The summed E-state index contributed by atoms with van der Waals surface area (Å²) in [5, 5.41) is 0. The van der Waals surface area contributed by atoms with E-state index in [0.29, 0.717) is 50.6 Å². The fraction of sp³-hybridized carbons (Fsp3) is 1.00. The topological polar surface area (TPSA) is 67.9 Å². The van der Waals surface area contributed by atoms with Crippen LogP contribution >= 0.6 is 0 Å². The van der Waals surface area contributed by atoms with Gasteiger partial charge in [0.1, 0.15) is 0 Å². The van der Waals surface area contributed by atoms with Crippen molar-refractivity contribution >= 4 is 10.2 Å². The zero-order chi connectivity index (χ0) is 15.3. The van der Waals surface area contributed by atoms with E-state index < -0.39 is 10.2 Å². The van der Waals surface area contributed by atoms with Gasteiger partial charge in [-0.25, -0.2) is 0 Å². The molecule has 0 saturated carbocycles. The van der Waals surface area contributed by atoms with Gasteiger partial charge in [0.25, 0.3) is 10.2 Å². The fourth-order valence-electron chi connectivity index (χ4n) is 3.10. The van der Waals surface area contributed by atoms with Crippen LogP contribution in [0.3, 0.4) is 0 Å². The smallest absolute Gasteiger partial charge is 0.279 e. The third-order valence-corrected chi connectivity index (χ3v) is 5.63. The number of ether oxygens (including phenoxy) is 2. The zero-order valence-corrected chi connectivity index (χ0v) is 13.9. The van der Waals surface area contributed by atoms with Crippen LogP contribution in [0.2, 0.25) is 0 Å². The Kier molecular flexibility index (Phi) is 6.43. The van der Waals surface area contributed by atoms with E-state index >= 15 is 0 Å². The van der Waals surface area contributed by atoms with Gasteiger partial charge >= 0.3 is 0 Å². The number of piperidine rings is 1. The Morgan fingerprint density at radius 1 is 1.29 bits per heavy atom. The molecule has 2 aliphatic heterocycles. The summed E-state index contributed by atoms with van der Waals surface area (Å²) in [6.07, 6.45) is 2.13. The van der Waals surface area contributed by atoms with E-state index in [0.717, 1.165) is 26.1 Å². The molecule has 3 atom stereocenters. The molecule has 2 aliphatic rings. The lowest BCUT2D eigenvalue weighted by Crippen LogP contribution is -2.48. The molecule has 2 rings (SSSR count). The van der Waals surface area contributed by atoms with Crippen molar-refractivity contribution in [3.05, 3.63) is 0 Å². The van der Waals surface area contributed by atoms with Crippen molar-refractivity contribution in [1.29, 1.82) is 0 Å². The standard InChI is InChI=1S/C14H28N2O4S/c1-12-7-13(2)9-16(8-12)21(17,18)15-4-6-20-11-14-3-5-19-10-14/h12-15H,3-11H2,1-2H3/t12-,13+,14-/m1/s1. The Balaban J connectivity index is 1.66. The maximum absolute atomic E-state index is 12.2. The van der Waals surface area contributed by atoms with Gasteiger partial charge in [0.15, 0.2) is 0 Å². The van der Waals surface area contributed by atoms with E-state index in [2.05, 4.69) is 18.6 Å². The number of hydrogen-bond donors (Lipinski definition) is 1. The normalized spacial score (nSPS) is 31.6. The summed E-state index contributed by atoms with van der Waals surface area (Å²) < 4.78 is 39.5. The van der Waals surface area contributed by atoms with E-state index in [1.807, 2.05) is 0 Å². The van der Waals surface area contributed by atoms with Gasteiger partial charge in [-0.3, -0.25) is 0 Å². The first-order valence-electron chi connectivity index (χ1n) is 7.87. The van der Waals surface area contributed by atoms with Crippen molar-refractivity contribution in [2.24, 2.45) is 17.8 Å². The third kappa shape index (κ3) is 5.49. The second-order valence-electron chi connectivity index (χ2n) is 6.47. The first-order valence-corrected chi connectivity index (χ1v) is 9.31. The van der Waals surface area contributed by atoms with Crippen LogP contribution in [0.1, 0.15) is 26.7 Å². The molecule has 2 fully saturated rings. The molecule has 0 aromatic rings. The van der Waals surface area contributed by atoms with Crippen LogP contribution in [0.4, 0.5) is 0 Å². The van der Waals surface area contributed by atoms with Crippen molar-refractivity contribution < 1.29 is 17.9 Å². The van der Waals surface area contributed by atoms with Gasteiger partial charge in [-0.1, -0.05) is 13.8 Å². The van der Waals surface area contributed by atoms with Crippen LogP contribution in [-0.2, 0) is 19.7 Å². The minimum absolute atomic E-state index is 0.329. The van der Waals surface area contributed by atoms with Crippen LogP contribution in [0.25, 0.3) is 0 Å². The summed E-state index contributed by atoms with van der Waals surface area (Å²) >= 11 is 0. The molecule has 0 aliphatic carbocycles. The second-order valence-corrected chi connectivity index (χ2v) is 8.22. The molecule has 0 aromatic carbocycles. The van der Waals surface area contributed by atoms with Crippen molar-refractivity contribution in [3.63, 3.8) is 0 Å². The summed E-state index contributed by atoms with van der Waals surface area (Å²) in [4.78, 5) is 0. The van der Waals surface area contributed by atoms with Crippen molar-refractivity contribution in [1.82, 2.24) is 9.03 Å². The Labute approximate surface area is 128 Å². The summed E-state index contributed by atoms with van der Waals surface area (Å²) in [6, 6.07) is 0. The molecule has 0 aromatic heterocycles. The summed E-state index contributed by atoms with van der Waals surface area (Å²) in [7, 11) is -3.37. The average Bonchev–Trinajstić information content (AvgIpc) is 2.90. The van der Waals surface area contributed by atoms with Crippen LogP contribution in [0.5, 0.6) is 0 Å². The maximum Gasteiger partial charge on any atom is 0.279 e. The minimum Gasteiger partial charge on any atom is -0.381 e. The van der Waals surface area contributed by atoms with Gasteiger partial charge < -0.3 is 9.47 Å². The van der Waals surface area contributed by atoms with E-state index in [1.165, 1.54) is 0 Å². The molecule has 0 amide bonds. The maximum atomic E-state index is 12.2. The quantitative estimate of drug-likeness (QED) is 0.706. The lowest BCUT2D eigenvalue weighted by atomic mass is 9.94. The Hall–Kier alpha value is -0.210. The highest BCUT2D eigenvalue weighted by molar-refractivity contribution is 7.87. The summed E-state index contributed by atoms with van der Waals surface area (Å²) in [5.41, 5.74) is 0. The van der Waals surface area contributed by atoms with E-state index in [4.69, 9.17) is 9.47 Å². The predicted octanol–water partition coefficient (Wildman–Crippen LogP) is 0.852. The number of hydrogen-bond acceptors (Lipinski definition) is 4. The molecule has 124 valence electrons. The molecular formula is C14H28N2O4S. The Morgan fingerprint density at radius 2 is 2.00 bits per heavy atom. The van der Waals surface area contributed by atoms with Gasteiger partial charge in [0.05, 0.1) is 19.8 Å². The molecule has 0 unspecified atom stereocenters. The fourth-order valence-corrected chi connectivity index (χ4v) is 4.53. The monoisotopic (exact) mass is 320 g/mol. The van der Waals surface area contributed by atoms with E-state index in [1.54, 1.807) is 4.31 Å². The van der Waals surface area contributed by atoms with Crippen LogP contribution in [0, 0.1) is 17.8 Å². The highest BCUT2D eigenvalue weighted by Gasteiger charge is 2.29. The van der Waals surface area contributed by atoms with Crippen molar-refractivity contribution in [3.8, 4) is 0 Å². The predicted molar refractivity (Wildman–Crippen MR) is 81.2 cm³/mol. The third-order valence-electron chi connectivity index (χ3n) is 4.08. The average molecular weight is 320 g/mol. The van der Waals surface area contributed by atoms with Crippen LogP contribution in [0.15, 0.2) is 0 Å². The second kappa shape index (κ2) is 7.87. The summed E-state index contributed by atoms with van der Waals surface area (Å²) in [6.45, 7) is 8.39. The molecule has 2 heterocycles. The number of rotatable bonds is 7. The molecule has 1 N–H and O–H groups in total. The van der Waals surface area contributed by atoms with Gasteiger partial charge in [-0.2, -0.15) is 17.4 Å². The molecule has 7 heteroatoms. The number of nitrogens with zero attached hydrogens (tertiary/aromatic N) is 1. The largest absolute Gasteiger partial charge is 0.381 e. The van der Waals surface area contributed by atoms with E-state index in [9.17, 15) is 8.42 Å². The van der Waals surface area contributed by atoms with Crippen molar-refractivity contribution in [2.75, 3.05) is 46.1 Å². The Bertz CT molecular complexity index is 399. The molecular weight excluding hydrogens is 292 g/mol. The van der Waals surface area contributed by atoms with Gasteiger partial charge in [-0.15, -0.1) is 0 Å². The van der Waals surface area contributed by atoms with Gasteiger partial charge in [0, 0.05) is 32.2 Å². The van der Waals surface area contributed by atoms with Crippen molar-refractivity contribution in [2.45, 2.75) is 26.7 Å². The van der Waals surface area contributed by atoms with Gasteiger partial charge in [-0.05, 0) is 24.7 Å². The Morgan fingerprint density at radius 3 is 2.62 bits per heavy atom. The lowest BCUT2D eigenvalue weighted by Gasteiger charge is -2.33. The molecule has 6 nitrogen and oxygen atoms in total. The highest BCUT2D eigenvalue weighted by atomic mass is 32.2. The van der Waals surface area contributed by atoms with E-state index in [-0.39, 0.29) is 0 Å². The molecule has 0 radical (unpaired) electrons. The van der Waals surface area contributed by atoms with Crippen LogP contribution < -0.4 is 4.72 Å². The van der Waals surface area contributed by atoms with Crippen LogP contribution in [-0.4, -0.2) is 58.8 Å². The lowest BCUT2D eigenvalue weighted by molar-refractivity contribution is 0.0931. The first kappa shape index (κ1) is 17.1. The number of nitrogens with one attached hydrogen (secondary N) is 1. The first-order chi connectivity index (χ1) is 9.97. The molecule has 0 spiro atoms. The van der Waals surface area contributed by atoms with Gasteiger partial charge in [0.2, 0.25) is 0 Å². The zero-order valence-electron chi connectivity index (χ0n) is 13.1. The highest BCUT2D eigenvalue weighted by Crippen LogP contribution is 2.22. The molecule has 21 heavy (non-hydrogen) atoms. The summed E-state index contributed by atoms with van der Waals surface area (Å²) in [5.74, 6) is 1.30.